The summed E-state index contributed by atoms with van der Waals surface area (Å²) in [6, 6.07) is 0. The van der Waals surface area contributed by atoms with E-state index in [1.165, 1.54) is 12.5 Å². The lowest BCUT2D eigenvalue weighted by molar-refractivity contribution is -0.0837. The summed E-state index contributed by atoms with van der Waals surface area (Å²) in [4.78, 5) is 0. The molecule has 94 valence electrons. The van der Waals surface area contributed by atoms with Crippen molar-refractivity contribution in [3.63, 3.8) is 0 Å². The molecule has 0 radical (unpaired) electrons. The summed E-state index contributed by atoms with van der Waals surface area (Å²) in [6.07, 6.45) is 2.68. The molecule has 0 aromatic rings. The van der Waals surface area contributed by atoms with E-state index in [1.54, 1.807) is 0 Å². The van der Waals surface area contributed by atoms with E-state index in [1.807, 2.05) is 0 Å². The van der Waals surface area contributed by atoms with E-state index in [2.05, 4.69) is 13.2 Å². The van der Waals surface area contributed by atoms with Gasteiger partial charge in [-0.1, -0.05) is 13.2 Å². The molecule has 0 aromatic heterocycles. The third-order valence-corrected chi connectivity index (χ3v) is 2.41. The fraction of sp³-hybridized carbons (Fsp3) is 0.636. The summed E-state index contributed by atoms with van der Waals surface area (Å²) < 4.78 is 10.1. The highest BCUT2D eigenvalue weighted by Crippen LogP contribution is 2.24. The summed E-state index contributed by atoms with van der Waals surface area (Å²) in [5.41, 5.74) is -0.909. The van der Waals surface area contributed by atoms with Crippen molar-refractivity contribution in [2.24, 2.45) is 5.41 Å². The van der Waals surface area contributed by atoms with Crippen molar-refractivity contribution in [3.8, 4) is 0 Å². The molecule has 0 aliphatic carbocycles. The maximum Gasteiger partial charge on any atom is 0.239 e. The minimum Gasteiger partial charge on any atom is -0.463 e. The van der Waals surface area contributed by atoms with Gasteiger partial charge in [0.05, 0.1) is 32.3 Å². The zero-order chi connectivity index (χ0) is 12.4. The van der Waals surface area contributed by atoms with E-state index in [-0.39, 0.29) is 19.8 Å². The van der Waals surface area contributed by atoms with Gasteiger partial charge in [0.15, 0.2) is 0 Å². The largest absolute Gasteiger partial charge is 0.463 e. The lowest BCUT2D eigenvalue weighted by Crippen LogP contribution is -2.35. The topological polar surface area (TPSA) is 79.2 Å². The molecule has 0 saturated carbocycles. The Morgan fingerprint density at radius 1 is 1.00 bits per heavy atom. The summed E-state index contributed by atoms with van der Waals surface area (Å²) in [5.74, 6) is 0. The molecular weight excluding hydrogens is 212 g/mol. The molecule has 3 N–H and O–H groups in total. The molecule has 5 nitrogen and oxygen atoms in total. The van der Waals surface area contributed by atoms with E-state index < -0.39 is 11.7 Å². The van der Waals surface area contributed by atoms with E-state index in [4.69, 9.17) is 24.8 Å². The maximum absolute atomic E-state index is 9.11. The lowest BCUT2D eigenvalue weighted by atomic mass is 9.86. The molecule has 0 fully saturated rings. The van der Waals surface area contributed by atoms with Crippen molar-refractivity contribution in [1.82, 2.24) is 0 Å². The molecule has 0 atom stereocenters. The fourth-order valence-electron chi connectivity index (χ4n) is 1.19. The Morgan fingerprint density at radius 3 is 1.75 bits per heavy atom. The first kappa shape index (κ1) is 15.0. The number of aliphatic hydroxyl groups excluding tert-OH is 3. The monoisotopic (exact) mass is 232 g/mol. The molecule has 0 amide bonds. The summed E-state index contributed by atoms with van der Waals surface area (Å²) in [5, 5.41) is 27.3. The Kier molecular flexibility index (Phi) is 7.62. The highest BCUT2D eigenvalue weighted by atomic mass is 16.7. The third kappa shape index (κ3) is 4.65. The predicted octanol–water partition coefficient (Wildman–Crippen LogP) is 0.376. The van der Waals surface area contributed by atoms with Crippen LogP contribution in [0.25, 0.3) is 0 Å². The summed E-state index contributed by atoms with van der Waals surface area (Å²) in [6.45, 7) is 5.92. The second-order valence-corrected chi connectivity index (χ2v) is 3.55. The molecule has 0 bridgehead atoms. The average molecular weight is 232 g/mol. The third-order valence-electron chi connectivity index (χ3n) is 2.41. The molecule has 5 heteroatoms. The van der Waals surface area contributed by atoms with Crippen LogP contribution >= 0.6 is 0 Å². The maximum atomic E-state index is 9.11. The smallest absolute Gasteiger partial charge is 0.239 e. The van der Waals surface area contributed by atoms with Gasteiger partial charge in [-0.15, -0.1) is 0 Å². The van der Waals surface area contributed by atoms with Crippen molar-refractivity contribution < 1.29 is 24.8 Å². The van der Waals surface area contributed by atoms with Crippen LogP contribution in [-0.4, -0.2) is 41.4 Å². The van der Waals surface area contributed by atoms with E-state index in [0.29, 0.717) is 12.8 Å². The van der Waals surface area contributed by atoms with Crippen LogP contribution in [0.4, 0.5) is 0 Å². The average Bonchev–Trinajstić information content (AvgIpc) is 2.32. The fourth-order valence-corrected chi connectivity index (χ4v) is 1.19. The van der Waals surface area contributed by atoms with Crippen LogP contribution in [0.3, 0.4) is 0 Å². The van der Waals surface area contributed by atoms with E-state index >= 15 is 0 Å². The van der Waals surface area contributed by atoms with Crippen LogP contribution in [0.2, 0.25) is 0 Å². The van der Waals surface area contributed by atoms with Gasteiger partial charge in [-0.25, -0.2) is 0 Å². The summed E-state index contributed by atoms with van der Waals surface area (Å²) in [7, 11) is 0. The van der Waals surface area contributed by atoms with Gasteiger partial charge >= 0.3 is 0 Å². The van der Waals surface area contributed by atoms with Crippen molar-refractivity contribution in [2.75, 3.05) is 19.8 Å². The first-order valence-electron chi connectivity index (χ1n) is 5.03. The van der Waals surface area contributed by atoms with Crippen LogP contribution in [0, 0.1) is 5.41 Å². The normalized spacial score (nSPS) is 11.2. The Balaban J connectivity index is 4.23. The number of hydrogen-bond acceptors (Lipinski definition) is 5. The van der Waals surface area contributed by atoms with Gasteiger partial charge in [-0.05, 0) is 6.42 Å². The molecule has 16 heavy (non-hydrogen) atoms. The van der Waals surface area contributed by atoms with Crippen LogP contribution in [0.15, 0.2) is 25.7 Å². The highest BCUT2D eigenvalue weighted by molar-refractivity contribution is 4.78. The van der Waals surface area contributed by atoms with Crippen molar-refractivity contribution in [2.45, 2.75) is 19.1 Å². The SMILES string of the molecule is C=COC(CCC(CO)(CO)CO)OC=C. The second-order valence-electron chi connectivity index (χ2n) is 3.55. The van der Waals surface area contributed by atoms with Gasteiger partial charge in [0, 0.05) is 11.8 Å². The van der Waals surface area contributed by atoms with Crippen LogP contribution in [-0.2, 0) is 9.47 Å². The number of aliphatic hydroxyl groups is 3. The van der Waals surface area contributed by atoms with Gasteiger partial charge in [0.2, 0.25) is 6.29 Å². The van der Waals surface area contributed by atoms with Crippen molar-refractivity contribution in [3.05, 3.63) is 25.7 Å². The first-order valence-corrected chi connectivity index (χ1v) is 5.03. The molecule has 0 spiro atoms. The second kappa shape index (κ2) is 8.15. The van der Waals surface area contributed by atoms with Gasteiger partial charge < -0.3 is 24.8 Å². The number of rotatable bonds is 10. The standard InChI is InChI=1S/C11H20O5/c1-3-15-10(16-4-2)5-6-11(7-12,8-13)9-14/h3-4,10,12-14H,1-2,5-9H2. The van der Waals surface area contributed by atoms with Crippen molar-refractivity contribution in [1.29, 1.82) is 0 Å². The highest BCUT2D eigenvalue weighted by Gasteiger charge is 2.29. The van der Waals surface area contributed by atoms with E-state index in [0.717, 1.165) is 0 Å². The van der Waals surface area contributed by atoms with Gasteiger partial charge in [0.1, 0.15) is 0 Å². The minimum absolute atomic E-state index is 0.297. The molecule has 0 unspecified atom stereocenters. The van der Waals surface area contributed by atoms with Gasteiger partial charge in [0.25, 0.3) is 0 Å². The van der Waals surface area contributed by atoms with Gasteiger partial charge in [-0.2, -0.15) is 0 Å². The Bertz CT molecular complexity index is 182. The minimum atomic E-state index is -0.909. The first-order chi connectivity index (χ1) is 7.67. The van der Waals surface area contributed by atoms with Crippen LogP contribution < -0.4 is 0 Å². The van der Waals surface area contributed by atoms with E-state index in [9.17, 15) is 0 Å². The molecule has 0 aromatic carbocycles. The Hall–Kier alpha value is -1.04. The molecular formula is C11H20O5. The predicted molar refractivity (Wildman–Crippen MR) is 59.3 cm³/mol. The number of ether oxygens (including phenoxy) is 2. The Labute approximate surface area is 95.6 Å². The molecule has 0 aliphatic heterocycles. The molecule has 0 rings (SSSR count). The molecule has 0 heterocycles. The van der Waals surface area contributed by atoms with Gasteiger partial charge in [-0.3, -0.25) is 0 Å². The van der Waals surface area contributed by atoms with Crippen LogP contribution in [0.1, 0.15) is 12.8 Å². The van der Waals surface area contributed by atoms with Crippen LogP contribution in [0.5, 0.6) is 0 Å². The number of hydrogen-bond donors (Lipinski definition) is 3. The zero-order valence-corrected chi connectivity index (χ0v) is 9.34. The molecule has 0 aliphatic rings. The van der Waals surface area contributed by atoms with Crippen molar-refractivity contribution >= 4 is 0 Å². The summed E-state index contributed by atoms with van der Waals surface area (Å²) >= 11 is 0. The quantitative estimate of drug-likeness (QED) is 0.375. The lowest BCUT2D eigenvalue weighted by Gasteiger charge is -2.28. The zero-order valence-electron chi connectivity index (χ0n) is 9.34. The Morgan fingerprint density at radius 2 is 1.44 bits per heavy atom. The molecule has 0 saturated heterocycles.